The first kappa shape index (κ1) is 23.8. The maximum absolute atomic E-state index is 2.48. The van der Waals surface area contributed by atoms with E-state index >= 15 is 0 Å². The van der Waals surface area contributed by atoms with Crippen molar-refractivity contribution < 1.29 is 0 Å². The van der Waals surface area contributed by atoms with Crippen molar-refractivity contribution in [2.75, 3.05) is 4.90 Å². The quantitative estimate of drug-likeness (QED) is 0.221. The lowest BCUT2D eigenvalue weighted by molar-refractivity contribution is 0.630. The number of nitrogens with zero attached hydrogens (tertiary/aromatic N) is 2. The first-order valence-electron chi connectivity index (χ1n) is 14.3. The van der Waals surface area contributed by atoms with Gasteiger partial charge in [-0.25, -0.2) is 0 Å². The van der Waals surface area contributed by atoms with Gasteiger partial charge in [-0.1, -0.05) is 111 Å². The highest BCUT2D eigenvalue weighted by molar-refractivity contribution is 6.12. The Balaban J connectivity index is 1.38. The predicted molar refractivity (Wildman–Crippen MR) is 173 cm³/mol. The van der Waals surface area contributed by atoms with Crippen LogP contribution in [0.25, 0.3) is 38.6 Å². The molecule has 0 fully saturated rings. The van der Waals surface area contributed by atoms with Gasteiger partial charge in [0.25, 0.3) is 0 Å². The van der Waals surface area contributed by atoms with E-state index in [1.54, 1.807) is 0 Å². The van der Waals surface area contributed by atoms with Gasteiger partial charge in [0.2, 0.25) is 0 Å². The normalized spacial score (nSPS) is 13.3. The smallest absolute Gasteiger partial charge is 0.0582 e. The molecule has 7 aromatic rings. The van der Waals surface area contributed by atoms with Crippen molar-refractivity contribution in [3.05, 3.63) is 157 Å². The molecule has 1 aliphatic heterocycles. The number of fused-ring (bicyclic) bond motifs is 5. The predicted octanol–water partition coefficient (Wildman–Crippen LogP) is 10.6. The molecule has 0 saturated carbocycles. The minimum Gasteiger partial charge on any atom is -0.310 e. The Bertz CT molecular complexity index is 2070. The van der Waals surface area contributed by atoms with Crippen molar-refractivity contribution in [1.82, 2.24) is 4.57 Å². The van der Waals surface area contributed by atoms with Crippen molar-refractivity contribution in [3.63, 3.8) is 0 Å². The van der Waals surface area contributed by atoms with Gasteiger partial charge in [0.05, 0.1) is 16.7 Å². The third-order valence-electron chi connectivity index (χ3n) is 8.75. The molecule has 1 aromatic heterocycles. The Morgan fingerprint density at radius 2 is 1.12 bits per heavy atom. The van der Waals surface area contributed by atoms with Gasteiger partial charge in [-0.2, -0.15) is 0 Å². The van der Waals surface area contributed by atoms with Crippen LogP contribution in [-0.4, -0.2) is 4.57 Å². The standard InChI is InChI=1S/C39H30N2/c1-39(2)34-20-9-10-22-37(34)41-36-24-23-31(26-33(36)32-19-12-21-35(39)38(32)41)40(29-16-7-4-8-17-29)30-18-11-15-28(25-30)27-13-5-3-6-14-27/h3-26H,1-2H3. The van der Waals surface area contributed by atoms with Crippen molar-refractivity contribution in [2.45, 2.75) is 19.3 Å². The van der Waals surface area contributed by atoms with Crippen LogP contribution in [0.1, 0.15) is 25.0 Å². The maximum Gasteiger partial charge on any atom is 0.0582 e. The number of rotatable bonds is 4. The van der Waals surface area contributed by atoms with Crippen molar-refractivity contribution in [3.8, 4) is 16.8 Å². The highest BCUT2D eigenvalue weighted by Crippen LogP contribution is 2.48. The summed E-state index contributed by atoms with van der Waals surface area (Å²) in [6, 6.07) is 52.8. The molecule has 2 heterocycles. The van der Waals surface area contributed by atoms with Gasteiger partial charge in [-0.15, -0.1) is 0 Å². The summed E-state index contributed by atoms with van der Waals surface area (Å²) >= 11 is 0. The molecule has 2 nitrogen and oxygen atoms in total. The van der Waals surface area contributed by atoms with Crippen LogP contribution in [0.3, 0.4) is 0 Å². The summed E-state index contributed by atoms with van der Waals surface area (Å²) in [6.45, 7) is 4.70. The van der Waals surface area contributed by atoms with Crippen LogP contribution in [-0.2, 0) is 5.41 Å². The lowest BCUT2D eigenvalue weighted by atomic mass is 9.75. The lowest BCUT2D eigenvalue weighted by Crippen LogP contribution is -2.26. The zero-order valence-electron chi connectivity index (χ0n) is 23.3. The average Bonchev–Trinajstić information content (AvgIpc) is 3.36. The summed E-state index contributed by atoms with van der Waals surface area (Å²) in [5.41, 5.74) is 12.3. The topological polar surface area (TPSA) is 8.17 Å². The number of aromatic nitrogens is 1. The molecular weight excluding hydrogens is 496 g/mol. The van der Waals surface area contributed by atoms with Gasteiger partial charge in [0.15, 0.2) is 0 Å². The third kappa shape index (κ3) is 3.57. The number of hydrogen-bond acceptors (Lipinski definition) is 1. The Morgan fingerprint density at radius 1 is 0.488 bits per heavy atom. The van der Waals surface area contributed by atoms with E-state index < -0.39 is 0 Å². The second-order valence-electron chi connectivity index (χ2n) is 11.5. The van der Waals surface area contributed by atoms with Crippen LogP contribution in [0.2, 0.25) is 0 Å². The SMILES string of the molecule is CC1(C)c2ccccc2-n2c3ccc(N(c4ccccc4)c4cccc(-c5ccccc5)c4)cc3c3cccc1c32. The van der Waals surface area contributed by atoms with Crippen LogP contribution in [0, 0.1) is 0 Å². The van der Waals surface area contributed by atoms with E-state index in [9.17, 15) is 0 Å². The molecule has 1 aliphatic rings. The molecule has 0 radical (unpaired) electrons. The summed E-state index contributed by atoms with van der Waals surface area (Å²) < 4.78 is 2.48. The first-order chi connectivity index (χ1) is 20.1. The molecule has 41 heavy (non-hydrogen) atoms. The molecule has 196 valence electrons. The summed E-state index contributed by atoms with van der Waals surface area (Å²) in [6.07, 6.45) is 0. The molecule has 8 rings (SSSR count). The number of hydrogen-bond donors (Lipinski definition) is 0. The maximum atomic E-state index is 2.48. The Morgan fingerprint density at radius 3 is 1.95 bits per heavy atom. The van der Waals surface area contributed by atoms with Crippen molar-refractivity contribution >= 4 is 38.9 Å². The van der Waals surface area contributed by atoms with E-state index in [1.807, 2.05) is 0 Å². The van der Waals surface area contributed by atoms with Crippen molar-refractivity contribution in [1.29, 1.82) is 0 Å². The van der Waals surface area contributed by atoms with Gasteiger partial charge in [0, 0.05) is 33.2 Å². The second kappa shape index (κ2) is 8.97. The fourth-order valence-corrected chi connectivity index (χ4v) is 6.77. The monoisotopic (exact) mass is 526 g/mol. The third-order valence-corrected chi connectivity index (χ3v) is 8.75. The lowest BCUT2D eigenvalue weighted by Gasteiger charge is -2.34. The largest absolute Gasteiger partial charge is 0.310 e. The minimum absolute atomic E-state index is 0.0722. The highest BCUT2D eigenvalue weighted by atomic mass is 15.1. The fraction of sp³-hybridized carbons (Fsp3) is 0.0769. The van der Waals surface area contributed by atoms with Crippen molar-refractivity contribution in [2.24, 2.45) is 0 Å². The van der Waals surface area contributed by atoms with E-state index in [4.69, 9.17) is 0 Å². The molecule has 0 amide bonds. The molecule has 0 bridgehead atoms. The van der Waals surface area contributed by atoms with Gasteiger partial charge in [0.1, 0.15) is 0 Å². The van der Waals surface area contributed by atoms with Gasteiger partial charge < -0.3 is 9.47 Å². The molecule has 0 aliphatic carbocycles. The van der Waals surface area contributed by atoms with E-state index in [0.717, 1.165) is 17.1 Å². The van der Waals surface area contributed by atoms with Gasteiger partial charge in [-0.3, -0.25) is 0 Å². The minimum atomic E-state index is -0.0722. The molecule has 0 N–H and O–H groups in total. The number of benzene rings is 6. The molecule has 0 atom stereocenters. The van der Waals surface area contributed by atoms with E-state index in [-0.39, 0.29) is 5.41 Å². The number of anilines is 3. The van der Waals surface area contributed by atoms with Crippen LogP contribution in [0.5, 0.6) is 0 Å². The van der Waals surface area contributed by atoms with Crippen LogP contribution < -0.4 is 4.90 Å². The highest BCUT2D eigenvalue weighted by Gasteiger charge is 2.34. The zero-order chi connectivity index (χ0) is 27.6. The summed E-state index contributed by atoms with van der Waals surface area (Å²) in [5, 5.41) is 2.57. The molecule has 0 unspecified atom stereocenters. The van der Waals surface area contributed by atoms with Crippen LogP contribution in [0.4, 0.5) is 17.1 Å². The summed E-state index contributed by atoms with van der Waals surface area (Å²) in [5.74, 6) is 0. The Hall–Kier alpha value is -5.08. The second-order valence-corrected chi connectivity index (χ2v) is 11.5. The van der Waals surface area contributed by atoms with E-state index in [0.29, 0.717) is 0 Å². The molecule has 0 spiro atoms. The number of para-hydroxylation sites is 3. The molecule has 6 aromatic carbocycles. The Kier molecular flexibility index (Phi) is 5.20. The fourth-order valence-electron chi connectivity index (χ4n) is 6.77. The van der Waals surface area contributed by atoms with Gasteiger partial charge in [-0.05, 0) is 70.8 Å². The van der Waals surface area contributed by atoms with Crippen LogP contribution in [0.15, 0.2) is 146 Å². The molecular formula is C39H30N2. The van der Waals surface area contributed by atoms with E-state index in [2.05, 4.69) is 169 Å². The average molecular weight is 527 g/mol. The summed E-state index contributed by atoms with van der Waals surface area (Å²) in [4.78, 5) is 2.37. The zero-order valence-corrected chi connectivity index (χ0v) is 23.3. The first-order valence-corrected chi connectivity index (χ1v) is 14.3. The van der Waals surface area contributed by atoms with E-state index in [1.165, 1.54) is 49.7 Å². The molecule has 0 saturated heterocycles. The summed E-state index contributed by atoms with van der Waals surface area (Å²) in [7, 11) is 0. The molecule has 2 heteroatoms. The Labute approximate surface area is 240 Å². The van der Waals surface area contributed by atoms with Crippen LogP contribution >= 0.6 is 0 Å². The van der Waals surface area contributed by atoms with Gasteiger partial charge >= 0.3 is 0 Å².